The lowest BCUT2D eigenvalue weighted by molar-refractivity contribution is -0.138. The molecule has 0 heterocycles. The van der Waals surface area contributed by atoms with Gasteiger partial charge in [0, 0.05) is 0 Å². The number of hydrogen-bond donors (Lipinski definition) is 2. The maximum absolute atomic E-state index is 10.7. The summed E-state index contributed by atoms with van der Waals surface area (Å²) in [5.41, 5.74) is -1.01. The normalized spacial score (nSPS) is 13.6. The van der Waals surface area contributed by atoms with E-state index in [1.165, 1.54) is 6.92 Å². The van der Waals surface area contributed by atoms with Crippen molar-refractivity contribution in [1.29, 1.82) is 0 Å². The largest absolute Gasteiger partial charge is 0.435 e. The van der Waals surface area contributed by atoms with E-state index < -0.39 is 19.2 Å². The van der Waals surface area contributed by atoms with Gasteiger partial charge in [-0.2, -0.15) is 0 Å². The number of rotatable bonds is 4. The Hall–Kier alpha value is -0.640. The van der Waals surface area contributed by atoms with Crippen molar-refractivity contribution in [2.24, 2.45) is 0 Å². The van der Waals surface area contributed by atoms with Crippen LogP contribution >= 0.6 is 7.60 Å². The van der Waals surface area contributed by atoms with E-state index in [9.17, 15) is 9.36 Å². The zero-order valence-electron chi connectivity index (χ0n) is 6.64. The second kappa shape index (κ2) is 4.40. The smallest absolute Gasteiger partial charge is 0.328 e. The molecule has 0 amide bonds. The first-order valence-electron chi connectivity index (χ1n) is 3.23. The van der Waals surface area contributed by atoms with E-state index in [0.717, 1.165) is 6.26 Å². The summed E-state index contributed by atoms with van der Waals surface area (Å²) in [6.07, 6.45) is 0.616. The first kappa shape index (κ1) is 11.4. The third kappa shape index (κ3) is 4.28. The fraction of sp³-hybridized carbons (Fsp3) is 0.500. The van der Waals surface area contributed by atoms with Gasteiger partial charge in [0.25, 0.3) is 0 Å². The second-order valence-electron chi connectivity index (χ2n) is 2.30. The average Bonchev–Trinajstić information content (AvgIpc) is 1.85. The molecule has 0 aromatic carbocycles. The molecule has 0 aliphatic heterocycles. The molecule has 1 atom stereocenters. The fourth-order valence-electron chi connectivity index (χ4n) is 0.501. The molecule has 0 aromatic rings. The highest BCUT2D eigenvalue weighted by Crippen LogP contribution is 2.42. The molecule has 5 nitrogen and oxygen atoms in total. The van der Waals surface area contributed by atoms with Crippen LogP contribution in [0.3, 0.4) is 0 Å². The zero-order valence-corrected chi connectivity index (χ0v) is 7.53. The van der Waals surface area contributed by atoms with Crippen molar-refractivity contribution in [3.8, 4) is 0 Å². The Morgan fingerprint density at radius 3 is 2.58 bits per heavy atom. The van der Waals surface area contributed by atoms with Gasteiger partial charge in [-0.15, -0.1) is 0 Å². The SMILES string of the molecule is C=COC(=O)CC(C)P(=O)(O)O. The molecule has 2 N–H and O–H groups in total. The van der Waals surface area contributed by atoms with Gasteiger partial charge < -0.3 is 14.5 Å². The van der Waals surface area contributed by atoms with Gasteiger partial charge >= 0.3 is 13.6 Å². The predicted molar refractivity (Wildman–Crippen MR) is 42.4 cm³/mol. The van der Waals surface area contributed by atoms with Crippen molar-refractivity contribution in [2.75, 3.05) is 0 Å². The predicted octanol–water partition coefficient (Wildman–Crippen LogP) is 0.629. The van der Waals surface area contributed by atoms with Crippen LogP contribution in [0.25, 0.3) is 0 Å². The monoisotopic (exact) mass is 194 g/mol. The molecule has 0 aliphatic rings. The van der Waals surface area contributed by atoms with Crippen LogP contribution in [0.5, 0.6) is 0 Å². The second-order valence-corrected chi connectivity index (χ2v) is 4.36. The van der Waals surface area contributed by atoms with E-state index in [1.807, 2.05) is 0 Å². The van der Waals surface area contributed by atoms with Crippen molar-refractivity contribution in [1.82, 2.24) is 0 Å². The summed E-state index contributed by atoms with van der Waals surface area (Å²) in [6, 6.07) is 0. The first-order chi connectivity index (χ1) is 5.38. The van der Waals surface area contributed by atoms with E-state index >= 15 is 0 Å². The average molecular weight is 194 g/mol. The zero-order chi connectivity index (χ0) is 9.78. The number of carbonyl (C=O) groups excluding carboxylic acids is 1. The molecule has 0 fully saturated rings. The number of esters is 1. The van der Waals surface area contributed by atoms with E-state index in [-0.39, 0.29) is 6.42 Å². The van der Waals surface area contributed by atoms with Gasteiger partial charge in [-0.25, -0.2) is 0 Å². The molecule has 70 valence electrons. The van der Waals surface area contributed by atoms with Gasteiger partial charge in [0.1, 0.15) is 0 Å². The van der Waals surface area contributed by atoms with Crippen LogP contribution in [0, 0.1) is 0 Å². The van der Waals surface area contributed by atoms with Crippen molar-refractivity contribution in [3.63, 3.8) is 0 Å². The van der Waals surface area contributed by atoms with Gasteiger partial charge in [0.05, 0.1) is 18.3 Å². The molecule has 1 unspecified atom stereocenters. The summed E-state index contributed by atoms with van der Waals surface area (Å²) in [7, 11) is -4.17. The molecule has 0 saturated carbocycles. The van der Waals surface area contributed by atoms with E-state index in [0.29, 0.717) is 0 Å². The van der Waals surface area contributed by atoms with Crippen LogP contribution in [0.1, 0.15) is 13.3 Å². The van der Waals surface area contributed by atoms with Crippen LogP contribution in [-0.4, -0.2) is 21.4 Å². The third-order valence-corrected chi connectivity index (χ3v) is 2.58. The lowest BCUT2D eigenvalue weighted by Gasteiger charge is -2.10. The molecule has 0 aromatic heterocycles. The standard InChI is InChI=1S/C6H11O5P/c1-3-11-6(7)4-5(2)12(8,9)10/h3,5H,1,4H2,2H3,(H2,8,9,10). The molecule has 0 saturated heterocycles. The maximum atomic E-state index is 10.7. The summed E-state index contributed by atoms with van der Waals surface area (Å²) in [4.78, 5) is 27.8. The quantitative estimate of drug-likeness (QED) is 0.389. The highest BCUT2D eigenvalue weighted by Gasteiger charge is 2.26. The Morgan fingerprint density at radius 1 is 1.75 bits per heavy atom. The Kier molecular flexibility index (Phi) is 4.17. The molecule has 0 aliphatic carbocycles. The van der Waals surface area contributed by atoms with Gasteiger partial charge in [0.2, 0.25) is 0 Å². The van der Waals surface area contributed by atoms with Gasteiger partial charge in [0.15, 0.2) is 0 Å². The summed E-state index contributed by atoms with van der Waals surface area (Å²) >= 11 is 0. The molecule has 12 heavy (non-hydrogen) atoms. The third-order valence-electron chi connectivity index (χ3n) is 1.25. The van der Waals surface area contributed by atoms with Crippen LogP contribution in [0.4, 0.5) is 0 Å². The molecular weight excluding hydrogens is 183 g/mol. The van der Waals surface area contributed by atoms with Crippen molar-refractivity contribution >= 4 is 13.6 Å². The van der Waals surface area contributed by atoms with Crippen LogP contribution in [-0.2, 0) is 14.1 Å². The summed E-state index contributed by atoms with van der Waals surface area (Å²) in [6.45, 7) is 4.42. The summed E-state index contributed by atoms with van der Waals surface area (Å²) in [5, 5.41) is 0. The number of ether oxygens (including phenoxy) is 1. The van der Waals surface area contributed by atoms with Crippen molar-refractivity contribution in [3.05, 3.63) is 12.8 Å². The van der Waals surface area contributed by atoms with E-state index in [2.05, 4.69) is 11.3 Å². The fourth-order valence-corrected chi connectivity index (χ4v) is 0.888. The minimum atomic E-state index is -4.17. The molecule has 0 radical (unpaired) electrons. The minimum absolute atomic E-state index is 0.309. The lowest BCUT2D eigenvalue weighted by atomic mass is 10.3. The van der Waals surface area contributed by atoms with Crippen LogP contribution in [0.15, 0.2) is 12.8 Å². The van der Waals surface area contributed by atoms with E-state index in [4.69, 9.17) is 9.79 Å². The van der Waals surface area contributed by atoms with Gasteiger partial charge in [-0.05, 0) is 0 Å². The van der Waals surface area contributed by atoms with E-state index in [1.54, 1.807) is 0 Å². The molecule has 6 heteroatoms. The highest BCUT2D eigenvalue weighted by atomic mass is 31.2. The Labute approximate surface area is 70.2 Å². The van der Waals surface area contributed by atoms with Crippen molar-refractivity contribution < 1.29 is 23.9 Å². The summed E-state index contributed by atoms with van der Waals surface area (Å²) < 4.78 is 14.8. The minimum Gasteiger partial charge on any atom is -0.435 e. The Morgan fingerprint density at radius 2 is 2.25 bits per heavy atom. The number of hydrogen-bond acceptors (Lipinski definition) is 3. The van der Waals surface area contributed by atoms with Gasteiger partial charge in [-0.3, -0.25) is 9.36 Å². The van der Waals surface area contributed by atoms with Crippen LogP contribution in [0.2, 0.25) is 0 Å². The first-order valence-corrected chi connectivity index (χ1v) is 4.91. The summed E-state index contributed by atoms with van der Waals surface area (Å²) in [5.74, 6) is -0.694. The van der Waals surface area contributed by atoms with Crippen molar-refractivity contribution in [2.45, 2.75) is 19.0 Å². The topological polar surface area (TPSA) is 83.8 Å². The van der Waals surface area contributed by atoms with Crippen LogP contribution < -0.4 is 0 Å². The molecular formula is C6H11O5P. The molecule has 0 bridgehead atoms. The Balaban J connectivity index is 4.01. The molecule has 0 rings (SSSR count). The number of carbonyl (C=O) groups is 1. The Bertz CT molecular complexity index is 218. The maximum Gasteiger partial charge on any atom is 0.328 e. The van der Waals surface area contributed by atoms with Gasteiger partial charge in [-0.1, -0.05) is 13.5 Å². The highest BCUT2D eigenvalue weighted by molar-refractivity contribution is 7.52. The molecule has 0 spiro atoms. The lowest BCUT2D eigenvalue weighted by Crippen LogP contribution is -2.11.